The molecule has 0 radical (unpaired) electrons. The summed E-state index contributed by atoms with van der Waals surface area (Å²) < 4.78 is 14.3. The fraction of sp³-hybridized carbons (Fsp3) is 0.444. The molecule has 4 aromatic rings. The lowest BCUT2D eigenvalue weighted by atomic mass is 10.1. The number of benzene rings is 1. The molecule has 1 fully saturated rings. The molecule has 0 bridgehead atoms. The molecule has 1 aliphatic heterocycles. The van der Waals surface area contributed by atoms with Gasteiger partial charge in [-0.2, -0.15) is 16.7 Å². The van der Waals surface area contributed by atoms with Crippen LogP contribution in [0.2, 0.25) is 0 Å². The summed E-state index contributed by atoms with van der Waals surface area (Å²) in [6, 6.07) is 11.3. The third-order valence-electron chi connectivity index (χ3n) is 6.47. The van der Waals surface area contributed by atoms with Gasteiger partial charge in [-0.1, -0.05) is 35.5 Å². The van der Waals surface area contributed by atoms with E-state index in [9.17, 15) is 14.4 Å². The molecule has 0 saturated carbocycles. The normalized spacial score (nSPS) is 14.7. The molecule has 5 rings (SSSR count). The first-order valence-corrected chi connectivity index (χ1v) is 15.0. The Morgan fingerprint density at radius 2 is 1.90 bits per heavy atom. The maximum Gasteiger partial charge on any atom is 0.410 e. The van der Waals surface area contributed by atoms with Crippen LogP contribution in [0.4, 0.5) is 4.79 Å². The number of rotatable bonds is 6. The van der Waals surface area contributed by atoms with E-state index in [1.54, 1.807) is 21.2 Å². The van der Waals surface area contributed by atoms with Crippen LogP contribution in [-0.2, 0) is 17.0 Å². The summed E-state index contributed by atoms with van der Waals surface area (Å²) >= 11 is 2.94. The van der Waals surface area contributed by atoms with Crippen LogP contribution >= 0.6 is 23.1 Å². The van der Waals surface area contributed by atoms with E-state index in [1.165, 1.54) is 15.9 Å². The summed E-state index contributed by atoms with van der Waals surface area (Å²) in [4.78, 5) is 47.2. The van der Waals surface area contributed by atoms with Crippen LogP contribution < -0.4 is 11.2 Å². The molecule has 0 unspecified atom stereocenters. The minimum Gasteiger partial charge on any atom is -0.444 e. The smallest absolute Gasteiger partial charge is 0.410 e. The lowest BCUT2D eigenvalue weighted by molar-refractivity contribution is 0.0186. The van der Waals surface area contributed by atoms with Gasteiger partial charge in [0.2, 0.25) is 5.89 Å². The Morgan fingerprint density at radius 3 is 2.56 bits per heavy atom. The fourth-order valence-electron chi connectivity index (χ4n) is 4.69. The first kappa shape index (κ1) is 27.2. The summed E-state index contributed by atoms with van der Waals surface area (Å²) in [6.07, 6.45) is 2.50. The van der Waals surface area contributed by atoms with Crippen molar-refractivity contribution in [2.45, 2.75) is 57.6 Å². The standard InChI is InChI=1S/C27H31N5O5S2/c1-27(2,3)36-26(35)30-12-10-18(11-13-30)32-24(33)23-19(14-20(39-23)17-8-6-5-7-9-17)31(25(32)34)15-22-28-21(16-38-4)29-37-22/h5-9,14,18H,10-13,15-16H2,1-4H3. The first-order valence-electron chi connectivity index (χ1n) is 12.8. The molecule has 1 amide bonds. The van der Waals surface area contributed by atoms with Crippen molar-refractivity contribution >= 4 is 39.4 Å². The second-order valence-corrected chi connectivity index (χ2v) is 12.4. The van der Waals surface area contributed by atoms with E-state index in [2.05, 4.69) is 10.1 Å². The molecule has 3 aromatic heterocycles. The minimum absolute atomic E-state index is 0.0543. The lowest BCUT2D eigenvalue weighted by Crippen LogP contribution is -2.47. The minimum atomic E-state index is -0.594. The molecule has 1 aromatic carbocycles. The molecule has 4 heterocycles. The molecule has 0 spiro atoms. The van der Waals surface area contributed by atoms with E-state index < -0.39 is 11.3 Å². The Labute approximate surface area is 233 Å². The number of ether oxygens (including phenoxy) is 1. The van der Waals surface area contributed by atoms with E-state index in [-0.39, 0.29) is 24.2 Å². The highest BCUT2D eigenvalue weighted by Crippen LogP contribution is 2.32. The Bertz CT molecular complexity index is 1590. The number of aromatic nitrogens is 4. The Kier molecular flexibility index (Phi) is 7.68. The van der Waals surface area contributed by atoms with Crippen molar-refractivity contribution in [2.24, 2.45) is 0 Å². The number of carbonyl (C=O) groups is 1. The van der Waals surface area contributed by atoms with E-state index >= 15 is 0 Å². The number of likely N-dealkylation sites (tertiary alicyclic amines) is 1. The molecule has 0 N–H and O–H groups in total. The Morgan fingerprint density at radius 1 is 1.18 bits per heavy atom. The van der Waals surface area contributed by atoms with Crippen LogP contribution in [0.1, 0.15) is 51.4 Å². The van der Waals surface area contributed by atoms with Gasteiger partial charge in [0.15, 0.2) is 5.82 Å². The van der Waals surface area contributed by atoms with E-state index in [0.29, 0.717) is 53.6 Å². The summed E-state index contributed by atoms with van der Waals surface area (Å²) in [7, 11) is 0. The fourth-order valence-corrected chi connectivity index (χ4v) is 6.17. The zero-order valence-corrected chi connectivity index (χ0v) is 24.0. The van der Waals surface area contributed by atoms with Gasteiger partial charge in [0.25, 0.3) is 5.56 Å². The average molecular weight is 570 g/mol. The second-order valence-electron chi connectivity index (χ2n) is 10.5. The van der Waals surface area contributed by atoms with E-state index in [4.69, 9.17) is 9.26 Å². The number of hydrogen-bond donors (Lipinski definition) is 0. The van der Waals surface area contributed by atoms with E-state index in [0.717, 1.165) is 10.4 Å². The quantitative estimate of drug-likeness (QED) is 0.327. The van der Waals surface area contributed by atoms with Gasteiger partial charge in [-0.05, 0) is 51.5 Å². The van der Waals surface area contributed by atoms with Gasteiger partial charge in [-0.3, -0.25) is 13.9 Å². The van der Waals surface area contributed by atoms with Crippen molar-refractivity contribution in [2.75, 3.05) is 19.3 Å². The van der Waals surface area contributed by atoms with Gasteiger partial charge in [-0.25, -0.2) is 9.59 Å². The first-order chi connectivity index (χ1) is 18.6. The van der Waals surface area contributed by atoms with Crippen molar-refractivity contribution in [3.63, 3.8) is 0 Å². The molecule has 206 valence electrons. The molecule has 1 aliphatic rings. The summed E-state index contributed by atoms with van der Waals surface area (Å²) in [5.74, 6) is 1.46. The Balaban J connectivity index is 1.54. The monoisotopic (exact) mass is 569 g/mol. The topological polar surface area (TPSA) is 112 Å². The number of fused-ring (bicyclic) bond motifs is 1. The predicted molar refractivity (Wildman–Crippen MR) is 152 cm³/mol. The van der Waals surface area contributed by atoms with Gasteiger partial charge in [0.05, 0.1) is 11.3 Å². The second kappa shape index (κ2) is 11.0. The van der Waals surface area contributed by atoms with Crippen molar-refractivity contribution in [3.05, 3.63) is 69.0 Å². The molecule has 39 heavy (non-hydrogen) atoms. The maximum absolute atomic E-state index is 13.9. The Hall–Kier alpha value is -3.38. The van der Waals surface area contributed by atoms with Crippen LogP contribution in [0, 0.1) is 0 Å². The third-order valence-corrected chi connectivity index (χ3v) is 8.18. The predicted octanol–water partition coefficient (Wildman–Crippen LogP) is 4.76. The number of carbonyl (C=O) groups excluding carboxylic acids is 1. The van der Waals surface area contributed by atoms with Crippen molar-refractivity contribution in [3.8, 4) is 10.4 Å². The molecule has 10 nitrogen and oxygen atoms in total. The highest BCUT2D eigenvalue weighted by Gasteiger charge is 2.30. The van der Waals surface area contributed by atoms with Crippen LogP contribution in [0.5, 0.6) is 0 Å². The van der Waals surface area contributed by atoms with Crippen LogP contribution in [0.25, 0.3) is 20.7 Å². The molecule has 12 heteroatoms. The number of hydrogen-bond acceptors (Lipinski definition) is 9. The van der Waals surface area contributed by atoms with Gasteiger partial charge in [-0.15, -0.1) is 11.3 Å². The third kappa shape index (κ3) is 5.81. The molecular formula is C27H31N5O5S2. The van der Waals surface area contributed by atoms with Crippen molar-refractivity contribution in [1.82, 2.24) is 24.2 Å². The maximum atomic E-state index is 13.9. The van der Waals surface area contributed by atoms with Crippen molar-refractivity contribution < 1.29 is 14.1 Å². The number of nitrogens with zero attached hydrogens (tertiary/aromatic N) is 5. The van der Waals surface area contributed by atoms with Crippen LogP contribution in [-0.4, -0.2) is 55.2 Å². The lowest BCUT2D eigenvalue weighted by Gasteiger charge is -2.33. The highest BCUT2D eigenvalue weighted by atomic mass is 32.2. The number of amides is 1. The summed E-state index contributed by atoms with van der Waals surface area (Å²) in [5, 5.41) is 4.01. The van der Waals surface area contributed by atoms with Gasteiger partial charge < -0.3 is 14.2 Å². The van der Waals surface area contributed by atoms with Crippen LogP contribution in [0.3, 0.4) is 0 Å². The number of thiophene rings is 1. The number of piperidine rings is 1. The highest BCUT2D eigenvalue weighted by molar-refractivity contribution is 7.97. The van der Waals surface area contributed by atoms with E-state index in [1.807, 2.05) is 63.4 Å². The molecule has 0 atom stereocenters. The SMILES string of the molecule is CSCc1noc(Cn2c(=O)n(C3CCN(C(=O)OC(C)(C)C)CC3)c(=O)c3sc(-c4ccccc4)cc32)n1. The zero-order chi connectivity index (χ0) is 27.7. The zero-order valence-electron chi connectivity index (χ0n) is 22.4. The largest absolute Gasteiger partial charge is 0.444 e. The van der Waals surface area contributed by atoms with Gasteiger partial charge in [0.1, 0.15) is 16.8 Å². The molecule has 1 saturated heterocycles. The van der Waals surface area contributed by atoms with Gasteiger partial charge >= 0.3 is 11.8 Å². The summed E-state index contributed by atoms with van der Waals surface area (Å²) in [6.45, 7) is 6.32. The van der Waals surface area contributed by atoms with Gasteiger partial charge in [0, 0.05) is 24.0 Å². The number of thioether (sulfide) groups is 1. The molecular weight excluding hydrogens is 538 g/mol. The molecule has 0 aliphatic carbocycles. The average Bonchev–Trinajstić information content (AvgIpc) is 3.54. The van der Waals surface area contributed by atoms with Crippen molar-refractivity contribution in [1.29, 1.82) is 0 Å². The summed E-state index contributed by atoms with van der Waals surface area (Å²) in [5.41, 5.74) is 0.173. The van der Waals surface area contributed by atoms with Crippen LogP contribution in [0.15, 0.2) is 50.5 Å².